The van der Waals surface area contributed by atoms with Gasteiger partial charge in [-0.15, -0.1) is 0 Å². The summed E-state index contributed by atoms with van der Waals surface area (Å²) >= 11 is 0. The van der Waals surface area contributed by atoms with E-state index in [-0.39, 0.29) is 18.5 Å². The first-order valence-electron chi connectivity index (χ1n) is 9.97. The largest absolute Gasteiger partial charge is 0.339 e. The highest BCUT2D eigenvalue weighted by Crippen LogP contribution is 2.29. The number of piperazine rings is 1. The molecule has 1 saturated carbocycles. The molecule has 1 heterocycles. The molecule has 1 aromatic rings. The van der Waals surface area contributed by atoms with Crippen molar-refractivity contribution in [1.29, 1.82) is 0 Å². The molecule has 3 rings (SSSR count). The van der Waals surface area contributed by atoms with Crippen molar-refractivity contribution < 1.29 is 13.2 Å². The van der Waals surface area contributed by atoms with Crippen molar-refractivity contribution in [3.63, 3.8) is 0 Å². The van der Waals surface area contributed by atoms with Crippen molar-refractivity contribution in [3.8, 4) is 0 Å². The van der Waals surface area contributed by atoms with Crippen molar-refractivity contribution in [2.45, 2.75) is 56.9 Å². The van der Waals surface area contributed by atoms with Crippen molar-refractivity contribution >= 4 is 15.9 Å². The Morgan fingerprint density at radius 3 is 2.44 bits per heavy atom. The van der Waals surface area contributed by atoms with E-state index in [9.17, 15) is 13.2 Å². The zero-order chi connectivity index (χ0) is 19.4. The number of sulfonamides is 1. The maximum absolute atomic E-state index is 13.5. The first kappa shape index (κ1) is 20.3. The third kappa shape index (κ3) is 4.70. The molecule has 0 atom stereocenters. The lowest BCUT2D eigenvalue weighted by Gasteiger charge is -2.35. The van der Waals surface area contributed by atoms with Crippen LogP contribution in [0.5, 0.6) is 0 Å². The lowest BCUT2D eigenvalue weighted by molar-refractivity contribution is -0.132. The molecule has 150 valence electrons. The number of rotatable bonds is 5. The topological polar surface area (TPSA) is 69.7 Å². The van der Waals surface area contributed by atoms with Gasteiger partial charge >= 0.3 is 0 Å². The van der Waals surface area contributed by atoms with E-state index in [1.54, 1.807) is 11.0 Å². The van der Waals surface area contributed by atoms with E-state index in [4.69, 9.17) is 0 Å². The van der Waals surface area contributed by atoms with Crippen molar-refractivity contribution in [3.05, 3.63) is 29.3 Å². The summed E-state index contributed by atoms with van der Waals surface area (Å²) in [5, 5.41) is 3.23. The van der Waals surface area contributed by atoms with Crippen LogP contribution in [0.2, 0.25) is 0 Å². The maximum atomic E-state index is 13.5. The molecule has 6 nitrogen and oxygen atoms in total. The van der Waals surface area contributed by atoms with Crippen LogP contribution in [0.4, 0.5) is 0 Å². The Hall–Kier alpha value is -1.44. The molecule has 2 fully saturated rings. The molecule has 0 spiro atoms. The Morgan fingerprint density at radius 1 is 1.15 bits per heavy atom. The zero-order valence-corrected chi connectivity index (χ0v) is 17.2. The van der Waals surface area contributed by atoms with Crippen LogP contribution < -0.4 is 5.32 Å². The highest BCUT2D eigenvalue weighted by Gasteiger charge is 2.35. The predicted molar refractivity (Wildman–Crippen MR) is 106 cm³/mol. The van der Waals surface area contributed by atoms with Gasteiger partial charge in [-0.3, -0.25) is 4.79 Å². The van der Waals surface area contributed by atoms with Gasteiger partial charge < -0.3 is 10.2 Å². The second-order valence-electron chi connectivity index (χ2n) is 7.74. The molecule has 1 amide bonds. The molecular formula is C20H31N3O3S. The summed E-state index contributed by atoms with van der Waals surface area (Å²) in [5.41, 5.74) is 1.78. The van der Waals surface area contributed by atoms with Gasteiger partial charge in [0.25, 0.3) is 0 Å². The van der Waals surface area contributed by atoms with Crippen LogP contribution in [0, 0.1) is 13.8 Å². The van der Waals surface area contributed by atoms with Crippen LogP contribution in [0.25, 0.3) is 0 Å². The summed E-state index contributed by atoms with van der Waals surface area (Å²) < 4.78 is 28.5. The quantitative estimate of drug-likeness (QED) is 0.831. The lowest BCUT2D eigenvalue weighted by Crippen LogP contribution is -2.52. The summed E-state index contributed by atoms with van der Waals surface area (Å²) in [5.74, 6) is -0.0876. The molecule has 1 aromatic carbocycles. The summed E-state index contributed by atoms with van der Waals surface area (Å²) in [7, 11) is -3.71. The van der Waals surface area contributed by atoms with Crippen LogP contribution >= 0.6 is 0 Å². The van der Waals surface area contributed by atoms with Gasteiger partial charge in [-0.2, -0.15) is 4.31 Å². The smallest absolute Gasteiger partial charge is 0.244 e. The van der Waals surface area contributed by atoms with Crippen molar-refractivity contribution in [2.75, 3.05) is 32.7 Å². The normalized spacial score (nSPS) is 19.4. The monoisotopic (exact) mass is 393 g/mol. The van der Waals surface area contributed by atoms with Gasteiger partial charge in [0.15, 0.2) is 0 Å². The highest BCUT2D eigenvalue weighted by atomic mass is 32.2. The number of carbonyl (C=O) groups is 1. The van der Waals surface area contributed by atoms with Gasteiger partial charge in [0.05, 0.1) is 11.4 Å². The van der Waals surface area contributed by atoms with Gasteiger partial charge in [0, 0.05) is 32.2 Å². The predicted octanol–water partition coefficient (Wildman–Crippen LogP) is 2.06. The number of hydrogen-bond acceptors (Lipinski definition) is 4. The Labute approximate surface area is 163 Å². The number of nitrogens with one attached hydrogen (secondary N) is 1. The molecule has 1 aliphatic heterocycles. The minimum Gasteiger partial charge on any atom is -0.339 e. The third-order valence-corrected chi connectivity index (χ3v) is 7.72. The van der Waals surface area contributed by atoms with E-state index in [1.165, 1.54) is 4.31 Å². The molecule has 1 aliphatic carbocycles. The minimum absolute atomic E-state index is 0.0552. The maximum Gasteiger partial charge on any atom is 0.244 e. The number of nitrogens with zero attached hydrogens (tertiary/aromatic N) is 2. The number of amides is 1. The second kappa shape index (κ2) is 8.71. The molecule has 0 radical (unpaired) electrons. The summed E-state index contributed by atoms with van der Waals surface area (Å²) in [6.07, 6.45) is 4.84. The molecule has 0 bridgehead atoms. The van der Waals surface area contributed by atoms with Crippen LogP contribution in [-0.2, 0) is 14.8 Å². The van der Waals surface area contributed by atoms with Crippen molar-refractivity contribution in [2.24, 2.45) is 0 Å². The fraction of sp³-hybridized carbons (Fsp3) is 0.650. The van der Waals surface area contributed by atoms with Gasteiger partial charge in [0.1, 0.15) is 0 Å². The van der Waals surface area contributed by atoms with Crippen LogP contribution in [0.3, 0.4) is 0 Å². The highest BCUT2D eigenvalue weighted by molar-refractivity contribution is 7.89. The lowest BCUT2D eigenvalue weighted by atomic mass is 9.95. The summed E-state index contributed by atoms with van der Waals surface area (Å²) in [6, 6.07) is 5.32. The van der Waals surface area contributed by atoms with Crippen molar-refractivity contribution in [1.82, 2.24) is 14.5 Å². The van der Waals surface area contributed by atoms with Crippen LogP contribution in [0.1, 0.15) is 43.2 Å². The summed E-state index contributed by atoms with van der Waals surface area (Å²) in [6.45, 7) is 6.54. The van der Waals surface area contributed by atoms with E-state index >= 15 is 0 Å². The Kier molecular flexibility index (Phi) is 6.55. The molecule has 27 heavy (non-hydrogen) atoms. The molecule has 1 N–H and O–H groups in total. The minimum atomic E-state index is -3.71. The Balaban J connectivity index is 1.89. The zero-order valence-electron chi connectivity index (χ0n) is 16.4. The fourth-order valence-corrected chi connectivity index (χ4v) is 5.98. The van der Waals surface area contributed by atoms with E-state index in [0.717, 1.165) is 56.3 Å². The molecule has 0 aromatic heterocycles. The third-order valence-electron chi connectivity index (χ3n) is 5.66. The van der Waals surface area contributed by atoms with Gasteiger partial charge in [-0.25, -0.2) is 8.42 Å². The summed E-state index contributed by atoms with van der Waals surface area (Å²) in [4.78, 5) is 15.0. The van der Waals surface area contributed by atoms with Gasteiger partial charge in [-0.05, 0) is 38.3 Å². The SMILES string of the molecule is Cc1ccc(S(=O)(=O)N(CC(=O)N2CCNCC2)C2CCCCC2)c(C)c1. The average Bonchev–Trinajstić information content (AvgIpc) is 2.67. The Morgan fingerprint density at radius 2 is 1.81 bits per heavy atom. The van der Waals surface area contributed by atoms with Crippen LogP contribution in [0.15, 0.2) is 23.1 Å². The Bertz CT molecular complexity index is 767. The van der Waals surface area contributed by atoms with E-state index < -0.39 is 10.0 Å². The van der Waals surface area contributed by atoms with E-state index in [0.29, 0.717) is 18.0 Å². The molecular weight excluding hydrogens is 362 g/mol. The molecule has 0 unspecified atom stereocenters. The number of hydrogen-bond donors (Lipinski definition) is 1. The second-order valence-corrected chi connectivity index (χ2v) is 9.60. The number of benzene rings is 1. The number of carbonyl (C=O) groups excluding carboxylic acids is 1. The molecule has 7 heteroatoms. The average molecular weight is 394 g/mol. The van der Waals surface area contributed by atoms with Crippen LogP contribution in [-0.4, -0.2) is 62.3 Å². The molecule has 1 saturated heterocycles. The standard InChI is InChI=1S/C20H31N3O3S/c1-16-8-9-19(17(2)14-16)27(25,26)23(18-6-4-3-5-7-18)15-20(24)22-12-10-21-11-13-22/h8-9,14,18,21H,3-7,10-13,15H2,1-2H3. The van der Waals surface area contributed by atoms with E-state index in [1.807, 2.05) is 26.0 Å². The van der Waals surface area contributed by atoms with Gasteiger partial charge in [0.2, 0.25) is 15.9 Å². The fourth-order valence-electron chi connectivity index (χ4n) is 4.14. The first-order chi connectivity index (χ1) is 12.9. The number of aryl methyl sites for hydroxylation is 2. The van der Waals surface area contributed by atoms with Gasteiger partial charge in [-0.1, -0.05) is 37.0 Å². The van der Waals surface area contributed by atoms with E-state index in [2.05, 4.69) is 5.32 Å². The molecule has 2 aliphatic rings. The first-order valence-corrected chi connectivity index (χ1v) is 11.4.